The number of benzene rings is 2. The van der Waals surface area contributed by atoms with E-state index in [0.717, 1.165) is 12.8 Å². The molecular formula is C29H39NO2. The first kappa shape index (κ1) is 23.1. The Bertz CT molecular complexity index is 1040. The first-order chi connectivity index (χ1) is 15.1. The third kappa shape index (κ3) is 4.38. The zero-order valence-corrected chi connectivity index (χ0v) is 21.0. The van der Waals surface area contributed by atoms with Crippen LogP contribution < -0.4 is 5.32 Å². The van der Waals surface area contributed by atoms with Crippen LogP contribution in [0, 0.1) is 20.8 Å². The van der Waals surface area contributed by atoms with E-state index >= 15 is 0 Å². The molecule has 0 aliphatic carbocycles. The van der Waals surface area contributed by atoms with Crippen molar-refractivity contribution in [3.05, 3.63) is 69.8 Å². The van der Waals surface area contributed by atoms with Gasteiger partial charge in [0.1, 0.15) is 0 Å². The van der Waals surface area contributed by atoms with Gasteiger partial charge in [-0.1, -0.05) is 42.8 Å². The van der Waals surface area contributed by atoms with Crippen molar-refractivity contribution in [1.29, 1.82) is 0 Å². The van der Waals surface area contributed by atoms with Gasteiger partial charge in [0.15, 0.2) is 6.29 Å². The van der Waals surface area contributed by atoms with Gasteiger partial charge in [-0.15, -0.1) is 0 Å². The lowest BCUT2D eigenvalue weighted by atomic mass is 9.81. The molecule has 0 radical (unpaired) electrons. The summed E-state index contributed by atoms with van der Waals surface area (Å²) in [6.45, 7) is 17.6. The van der Waals surface area contributed by atoms with E-state index < -0.39 is 0 Å². The van der Waals surface area contributed by atoms with E-state index in [1.807, 2.05) is 0 Å². The van der Waals surface area contributed by atoms with Crippen molar-refractivity contribution < 1.29 is 9.47 Å². The third-order valence-electron chi connectivity index (χ3n) is 7.01. The summed E-state index contributed by atoms with van der Waals surface area (Å²) >= 11 is 0. The highest BCUT2D eigenvalue weighted by molar-refractivity contribution is 5.81. The van der Waals surface area contributed by atoms with Crippen LogP contribution in [0.5, 0.6) is 0 Å². The molecule has 2 aromatic rings. The van der Waals surface area contributed by atoms with E-state index in [0.29, 0.717) is 0 Å². The first-order valence-electron chi connectivity index (χ1n) is 12.1. The smallest absolute Gasteiger partial charge is 0.165 e. The van der Waals surface area contributed by atoms with Gasteiger partial charge in [-0.3, -0.25) is 0 Å². The molecule has 3 nitrogen and oxygen atoms in total. The molecule has 1 fully saturated rings. The van der Waals surface area contributed by atoms with Crippen LogP contribution in [0.25, 0.3) is 5.57 Å². The van der Waals surface area contributed by atoms with Crippen molar-refractivity contribution in [1.82, 2.24) is 0 Å². The van der Waals surface area contributed by atoms with Gasteiger partial charge in [0.25, 0.3) is 0 Å². The van der Waals surface area contributed by atoms with Crippen molar-refractivity contribution in [3.8, 4) is 0 Å². The molecule has 0 amide bonds. The minimum absolute atomic E-state index is 0.126. The van der Waals surface area contributed by atoms with Crippen LogP contribution in [0.2, 0.25) is 0 Å². The molecule has 4 rings (SSSR count). The molecule has 0 bridgehead atoms. The van der Waals surface area contributed by atoms with E-state index in [1.54, 1.807) is 0 Å². The molecule has 2 aliphatic rings. The largest absolute Gasteiger partial charge is 0.374 e. The Hall–Kier alpha value is -2.10. The highest BCUT2D eigenvalue weighted by atomic mass is 16.7. The van der Waals surface area contributed by atoms with Gasteiger partial charge >= 0.3 is 0 Å². The molecule has 2 aromatic carbocycles. The Balaban J connectivity index is 1.79. The number of fused-ring (bicyclic) bond motifs is 1. The standard InChI is InChI=1S/C29H39NO2/c1-9-22(28-31-21(6)16-29(7,8)32-28)27-19(4)13-17(2)14-23(27)25-15-20(5)26-18(3)11-10-12-24(26)30-25/h10-15,21-22,25,28,30H,9,16H2,1-8H3/t21?,22?,25?,28-/m1/s1. The lowest BCUT2D eigenvalue weighted by Crippen LogP contribution is -2.45. The van der Waals surface area contributed by atoms with E-state index in [-0.39, 0.29) is 30.0 Å². The molecule has 172 valence electrons. The van der Waals surface area contributed by atoms with E-state index in [2.05, 4.69) is 97.1 Å². The molecule has 1 saturated heterocycles. The number of hydrogen-bond donors (Lipinski definition) is 1. The second-order valence-electron chi connectivity index (χ2n) is 10.5. The maximum atomic E-state index is 6.51. The molecule has 0 spiro atoms. The molecule has 3 heteroatoms. The van der Waals surface area contributed by atoms with E-state index in [9.17, 15) is 0 Å². The van der Waals surface area contributed by atoms with Gasteiger partial charge in [-0.05, 0) is 88.8 Å². The van der Waals surface area contributed by atoms with Gasteiger partial charge in [-0.2, -0.15) is 0 Å². The monoisotopic (exact) mass is 433 g/mol. The van der Waals surface area contributed by atoms with Crippen LogP contribution in [-0.2, 0) is 9.47 Å². The summed E-state index contributed by atoms with van der Waals surface area (Å²) in [7, 11) is 0. The van der Waals surface area contributed by atoms with E-state index in [4.69, 9.17) is 9.47 Å². The number of nitrogens with one attached hydrogen (secondary N) is 1. The van der Waals surface area contributed by atoms with Crippen LogP contribution in [0.3, 0.4) is 0 Å². The second-order valence-corrected chi connectivity index (χ2v) is 10.5. The van der Waals surface area contributed by atoms with Gasteiger partial charge in [0.2, 0.25) is 0 Å². The Morgan fingerprint density at radius 3 is 2.53 bits per heavy atom. The lowest BCUT2D eigenvalue weighted by Gasteiger charge is -2.43. The summed E-state index contributed by atoms with van der Waals surface area (Å²) in [6, 6.07) is 11.3. The number of aryl methyl sites for hydroxylation is 3. The molecule has 2 aliphatic heterocycles. The molecular weight excluding hydrogens is 394 g/mol. The third-order valence-corrected chi connectivity index (χ3v) is 7.01. The highest BCUT2D eigenvalue weighted by Gasteiger charge is 2.39. The Labute approximate surface area is 194 Å². The summed E-state index contributed by atoms with van der Waals surface area (Å²) in [5.41, 5.74) is 10.3. The Morgan fingerprint density at radius 1 is 1.09 bits per heavy atom. The molecule has 3 unspecified atom stereocenters. The van der Waals surface area contributed by atoms with Crippen LogP contribution >= 0.6 is 0 Å². The van der Waals surface area contributed by atoms with E-state index in [1.165, 1.54) is 44.6 Å². The minimum atomic E-state index is -0.234. The maximum Gasteiger partial charge on any atom is 0.165 e. The average Bonchev–Trinajstić information content (AvgIpc) is 2.68. The van der Waals surface area contributed by atoms with Crippen molar-refractivity contribution in [2.45, 2.75) is 98.2 Å². The summed E-state index contributed by atoms with van der Waals surface area (Å²) in [5.74, 6) is 0.182. The normalized spacial score (nSPS) is 25.5. The summed E-state index contributed by atoms with van der Waals surface area (Å²) in [5, 5.41) is 3.83. The fourth-order valence-electron chi connectivity index (χ4n) is 5.87. The summed E-state index contributed by atoms with van der Waals surface area (Å²) in [6.07, 6.45) is 4.23. The van der Waals surface area contributed by atoms with Gasteiger partial charge in [-0.25, -0.2) is 0 Å². The van der Waals surface area contributed by atoms with Crippen LogP contribution in [0.1, 0.15) is 92.8 Å². The number of ether oxygens (including phenoxy) is 2. The predicted molar refractivity (Wildman–Crippen MR) is 134 cm³/mol. The predicted octanol–water partition coefficient (Wildman–Crippen LogP) is 7.61. The molecule has 2 heterocycles. The van der Waals surface area contributed by atoms with Crippen LogP contribution in [0.15, 0.2) is 36.4 Å². The lowest BCUT2D eigenvalue weighted by molar-refractivity contribution is -0.277. The van der Waals surface area contributed by atoms with Crippen molar-refractivity contribution in [3.63, 3.8) is 0 Å². The van der Waals surface area contributed by atoms with Gasteiger partial charge in [0.05, 0.1) is 17.7 Å². The SMILES string of the molecule is CCC(c1c(C)cc(C)cc1C1C=C(C)c2c(C)cccc2N1)[C@@H]1OC(C)CC(C)(C)O1. The fourth-order valence-corrected chi connectivity index (χ4v) is 5.87. The zero-order valence-electron chi connectivity index (χ0n) is 21.0. The summed E-state index contributed by atoms with van der Waals surface area (Å²) in [4.78, 5) is 0. The van der Waals surface area contributed by atoms with Crippen molar-refractivity contribution >= 4 is 11.3 Å². The first-order valence-corrected chi connectivity index (χ1v) is 12.1. The summed E-state index contributed by atoms with van der Waals surface area (Å²) < 4.78 is 12.9. The van der Waals surface area contributed by atoms with Crippen molar-refractivity contribution in [2.75, 3.05) is 5.32 Å². The zero-order chi connectivity index (χ0) is 23.2. The molecule has 32 heavy (non-hydrogen) atoms. The Morgan fingerprint density at radius 2 is 1.84 bits per heavy atom. The quantitative estimate of drug-likeness (QED) is 0.538. The average molecular weight is 434 g/mol. The maximum absolute atomic E-state index is 6.51. The number of allylic oxidation sites excluding steroid dienone is 1. The fraction of sp³-hybridized carbons (Fsp3) is 0.517. The number of anilines is 1. The van der Waals surface area contributed by atoms with Gasteiger partial charge < -0.3 is 14.8 Å². The Kier molecular flexibility index (Phi) is 6.26. The number of hydrogen-bond acceptors (Lipinski definition) is 3. The molecule has 0 aromatic heterocycles. The molecule has 1 N–H and O–H groups in total. The number of rotatable bonds is 4. The second kappa shape index (κ2) is 8.68. The molecule has 4 atom stereocenters. The molecule has 0 saturated carbocycles. The van der Waals surface area contributed by atoms with Crippen LogP contribution in [0.4, 0.5) is 5.69 Å². The van der Waals surface area contributed by atoms with Crippen molar-refractivity contribution in [2.24, 2.45) is 0 Å². The topological polar surface area (TPSA) is 30.5 Å². The minimum Gasteiger partial charge on any atom is -0.374 e. The van der Waals surface area contributed by atoms with Gasteiger partial charge in [0, 0.05) is 23.6 Å². The highest BCUT2D eigenvalue weighted by Crippen LogP contribution is 2.43. The van der Waals surface area contributed by atoms with Crippen LogP contribution in [-0.4, -0.2) is 18.0 Å².